The molecule has 134 valence electrons. The molecule has 0 aliphatic carbocycles. The number of anilines is 1. The third kappa shape index (κ3) is 3.31. The second-order valence-corrected chi connectivity index (χ2v) is 6.54. The smallest absolute Gasteiger partial charge is 0.147 e. The van der Waals surface area contributed by atoms with Gasteiger partial charge >= 0.3 is 0 Å². The number of rotatable bonds is 4. The highest BCUT2D eigenvalue weighted by molar-refractivity contribution is 5.85. The van der Waals surface area contributed by atoms with Gasteiger partial charge < -0.3 is 0 Å². The Kier molecular flexibility index (Phi) is 4.42. The molecule has 0 saturated heterocycles. The molecule has 0 atom stereocenters. The largest absolute Gasteiger partial charge is 0.261 e. The first-order chi connectivity index (χ1) is 13.1. The van der Waals surface area contributed by atoms with E-state index in [2.05, 4.69) is 33.6 Å². The molecule has 0 unspecified atom stereocenters. The van der Waals surface area contributed by atoms with Crippen LogP contribution < -0.4 is 5.43 Å². The topological polar surface area (TPSA) is 55.1 Å². The zero-order chi connectivity index (χ0) is 18.8. The van der Waals surface area contributed by atoms with Gasteiger partial charge in [0.15, 0.2) is 0 Å². The average Bonchev–Trinajstić information content (AvgIpc) is 2.97. The first-order valence-electron chi connectivity index (χ1n) is 8.90. The molecule has 27 heavy (non-hydrogen) atoms. The molecule has 0 spiro atoms. The normalized spacial score (nSPS) is 11.4. The van der Waals surface area contributed by atoms with Crippen LogP contribution in [-0.4, -0.2) is 21.0 Å². The minimum absolute atomic E-state index is 0.730. The van der Waals surface area contributed by atoms with Gasteiger partial charge in [-0.25, -0.2) is 9.67 Å². The number of nitrogens with zero attached hydrogens (tertiary/aromatic N) is 4. The zero-order valence-electron chi connectivity index (χ0n) is 15.6. The molecule has 0 radical (unpaired) electrons. The minimum atomic E-state index is 0.730. The lowest BCUT2D eigenvalue weighted by Gasteiger charge is -2.05. The summed E-state index contributed by atoms with van der Waals surface area (Å²) < 4.78 is 1.94. The van der Waals surface area contributed by atoms with Crippen LogP contribution in [0.15, 0.2) is 65.8 Å². The monoisotopic (exact) mass is 355 g/mol. The summed E-state index contributed by atoms with van der Waals surface area (Å²) in [5, 5.41) is 10.2. The number of hydrogen-bond donors (Lipinski definition) is 1. The number of pyridine rings is 1. The van der Waals surface area contributed by atoms with Crippen molar-refractivity contribution in [1.82, 2.24) is 14.8 Å². The van der Waals surface area contributed by atoms with E-state index < -0.39 is 0 Å². The lowest BCUT2D eigenvalue weighted by Crippen LogP contribution is -1.99. The van der Waals surface area contributed by atoms with E-state index in [1.807, 2.05) is 79.3 Å². The van der Waals surface area contributed by atoms with Crippen LogP contribution in [0.1, 0.15) is 22.5 Å². The predicted molar refractivity (Wildman–Crippen MR) is 111 cm³/mol. The van der Waals surface area contributed by atoms with Crippen molar-refractivity contribution in [2.24, 2.45) is 5.10 Å². The van der Waals surface area contributed by atoms with Gasteiger partial charge in [-0.3, -0.25) is 5.43 Å². The summed E-state index contributed by atoms with van der Waals surface area (Å²) in [5.41, 5.74) is 9.20. The molecule has 2 aromatic carbocycles. The molecule has 0 saturated carbocycles. The van der Waals surface area contributed by atoms with E-state index in [-0.39, 0.29) is 0 Å². The summed E-state index contributed by atoms with van der Waals surface area (Å²) in [4.78, 5) is 4.62. The Labute approximate surface area is 158 Å². The van der Waals surface area contributed by atoms with Crippen molar-refractivity contribution >= 4 is 22.9 Å². The average molecular weight is 355 g/mol. The Morgan fingerprint density at radius 3 is 2.52 bits per heavy atom. The summed E-state index contributed by atoms with van der Waals surface area (Å²) in [6.07, 6.45) is 1.81. The molecule has 5 nitrogen and oxygen atoms in total. The molecule has 5 heteroatoms. The maximum Gasteiger partial charge on any atom is 0.147 e. The first kappa shape index (κ1) is 17.0. The zero-order valence-corrected chi connectivity index (χ0v) is 15.6. The van der Waals surface area contributed by atoms with Crippen LogP contribution in [0.3, 0.4) is 0 Å². The van der Waals surface area contributed by atoms with E-state index in [0.717, 1.165) is 39.4 Å². The van der Waals surface area contributed by atoms with Crippen molar-refractivity contribution in [3.8, 4) is 5.69 Å². The van der Waals surface area contributed by atoms with Gasteiger partial charge in [0, 0.05) is 10.9 Å². The van der Waals surface area contributed by atoms with Gasteiger partial charge in [0.25, 0.3) is 0 Å². The lowest BCUT2D eigenvalue weighted by atomic mass is 10.1. The van der Waals surface area contributed by atoms with Crippen molar-refractivity contribution in [2.45, 2.75) is 20.8 Å². The molecule has 2 aromatic heterocycles. The number of hydrogen-bond acceptors (Lipinski definition) is 4. The van der Waals surface area contributed by atoms with Crippen molar-refractivity contribution in [1.29, 1.82) is 0 Å². The minimum Gasteiger partial charge on any atom is -0.261 e. The Morgan fingerprint density at radius 2 is 1.70 bits per heavy atom. The molecule has 0 bridgehead atoms. The highest BCUT2D eigenvalue weighted by atomic mass is 15.3. The fourth-order valence-corrected chi connectivity index (χ4v) is 3.23. The van der Waals surface area contributed by atoms with Gasteiger partial charge in [-0.2, -0.15) is 10.2 Å². The number of nitrogens with one attached hydrogen (secondary N) is 1. The summed E-state index contributed by atoms with van der Waals surface area (Å²) in [5.74, 6) is 0.730. The van der Waals surface area contributed by atoms with Crippen molar-refractivity contribution < 1.29 is 0 Å². The molecule has 0 amide bonds. The van der Waals surface area contributed by atoms with E-state index >= 15 is 0 Å². The van der Waals surface area contributed by atoms with Crippen molar-refractivity contribution in [3.05, 3.63) is 83.2 Å². The van der Waals surface area contributed by atoms with Crippen LogP contribution in [0, 0.1) is 20.8 Å². The van der Waals surface area contributed by atoms with Gasteiger partial charge in [0.05, 0.1) is 28.8 Å². The molecule has 4 rings (SSSR count). The van der Waals surface area contributed by atoms with E-state index in [0.29, 0.717) is 0 Å². The Bertz CT molecular complexity index is 1130. The molecule has 0 aliphatic rings. The summed E-state index contributed by atoms with van der Waals surface area (Å²) in [6, 6.07) is 20.2. The van der Waals surface area contributed by atoms with Gasteiger partial charge in [-0.05, 0) is 50.6 Å². The van der Waals surface area contributed by atoms with Crippen LogP contribution in [0.2, 0.25) is 0 Å². The van der Waals surface area contributed by atoms with Gasteiger partial charge in [-0.1, -0.05) is 36.4 Å². The van der Waals surface area contributed by atoms with E-state index in [1.165, 1.54) is 5.56 Å². The molecule has 2 heterocycles. The summed E-state index contributed by atoms with van der Waals surface area (Å²) in [7, 11) is 0. The summed E-state index contributed by atoms with van der Waals surface area (Å²) in [6.45, 7) is 6.12. The Hall–Kier alpha value is -3.47. The number of aryl methyl sites for hydroxylation is 2. The Morgan fingerprint density at radius 1 is 0.963 bits per heavy atom. The van der Waals surface area contributed by atoms with Crippen LogP contribution in [-0.2, 0) is 0 Å². The van der Waals surface area contributed by atoms with Gasteiger partial charge in [0.1, 0.15) is 5.82 Å². The van der Waals surface area contributed by atoms with Crippen LogP contribution in [0.25, 0.3) is 16.6 Å². The van der Waals surface area contributed by atoms with Crippen LogP contribution >= 0.6 is 0 Å². The number of hydrazone groups is 1. The Balaban J connectivity index is 1.60. The number of fused-ring (bicyclic) bond motifs is 1. The predicted octanol–water partition coefficient (Wildman–Crippen LogP) is 4.79. The number of benzene rings is 2. The van der Waals surface area contributed by atoms with Crippen molar-refractivity contribution in [2.75, 3.05) is 5.43 Å². The molecule has 0 fully saturated rings. The first-order valence-corrected chi connectivity index (χ1v) is 8.90. The maximum atomic E-state index is 4.64. The lowest BCUT2D eigenvalue weighted by molar-refractivity contribution is 0.833. The fraction of sp³-hybridized carbons (Fsp3) is 0.136. The van der Waals surface area contributed by atoms with Crippen molar-refractivity contribution in [3.63, 3.8) is 0 Å². The highest BCUT2D eigenvalue weighted by Gasteiger charge is 2.11. The molecule has 1 N–H and O–H groups in total. The third-order valence-electron chi connectivity index (χ3n) is 4.64. The second kappa shape index (κ2) is 7.03. The SMILES string of the molecule is Cc1nn(-c2ccccc2)c(C)c1/C=N\Nc1cc(C)c2ccccc2n1. The molecule has 4 aromatic rings. The van der Waals surface area contributed by atoms with Crippen LogP contribution in [0.5, 0.6) is 0 Å². The second-order valence-electron chi connectivity index (χ2n) is 6.54. The van der Waals surface area contributed by atoms with Gasteiger partial charge in [-0.15, -0.1) is 0 Å². The van der Waals surface area contributed by atoms with E-state index in [9.17, 15) is 0 Å². The number of para-hydroxylation sites is 2. The molecule has 0 aliphatic heterocycles. The van der Waals surface area contributed by atoms with Crippen LogP contribution in [0.4, 0.5) is 5.82 Å². The summed E-state index contributed by atoms with van der Waals surface area (Å²) >= 11 is 0. The van der Waals surface area contributed by atoms with E-state index in [4.69, 9.17) is 0 Å². The van der Waals surface area contributed by atoms with Gasteiger partial charge in [0.2, 0.25) is 0 Å². The standard InChI is InChI=1S/C22H21N5/c1-15-13-22(24-21-12-8-7-11-19(15)21)25-23-14-20-16(2)26-27(17(20)3)18-9-5-4-6-10-18/h4-14H,1-3H3,(H,24,25)/b23-14-. The maximum absolute atomic E-state index is 4.64. The number of aromatic nitrogens is 3. The van der Waals surface area contributed by atoms with E-state index in [1.54, 1.807) is 0 Å². The highest BCUT2D eigenvalue weighted by Crippen LogP contribution is 2.20. The molecular formula is C22H21N5. The quantitative estimate of drug-likeness (QED) is 0.423. The molecular weight excluding hydrogens is 334 g/mol. The third-order valence-corrected chi connectivity index (χ3v) is 4.64. The fourth-order valence-electron chi connectivity index (χ4n) is 3.23.